The van der Waals surface area contributed by atoms with Crippen LogP contribution in [-0.4, -0.2) is 72.1 Å². The van der Waals surface area contributed by atoms with E-state index in [9.17, 15) is 4.79 Å². The molecule has 2 saturated heterocycles. The van der Waals surface area contributed by atoms with E-state index in [-0.39, 0.29) is 5.91 Å². The van der Waals surface area contributed by atoms with Crippen LogP contribution in [0.25, 0.3) is 0 Å². The number of ether oxygens (including phenoxy) is 1. The second-order valence-corrected chi connectivity index (χ2v) is 10.8. The molecule has 12 heteroatoms. The van der Waals surface area contributed by atoms with Crippen LogP contribution in [-0.2, 0) is 11.2 Å². The van der Waals surface area contributed by atoms with Crippen molar-refractivity contribution >= 4 is 63.8 Å². The van der Waals surface area contributed by atoms with Crippen molar-refractivity contribution in [3.8, 4) is 5.75 Å². The minimum absolute atomic E-state index is 0.0505. The lowest BCUT2D eigenvalue weighted by molar-refractivity contribution is -0.117. The van der Waals surface area contributed by atoms with Gasteiger partial charge in [0.15, 0.2) is 11.6 Å². The molecule has 2 fully saturated rings. The summed E-state index contributed by atoms with van der Waals surface area (Å²) in [7, 11) is 2.14. The summed E-state index contributed by atoms with van der Waals surface area (Å²) in [6.45, 7) is 5.09. The Morgan fingerprint density at radius 1 is 0.974 bits per heavy atom. The van der Waals surface area contributed by atoms with E-state index in [0.29, 0.717) is 58.6 Å². The van der Waals surface area contributed by atoms with E-state index in [4.69, 9.17) is 27.9 Å². The van der Waals surface area contributed by atoms with E-state index >= 15 is 0 Å². The smallest absolute Gasteiger partial charge is 0.229 e. The number of halogens is 2. The summed E-state index contributed by atoms with van der Waals surface area (Å²) in [5.41, 5.74) is 3.53. The van der Waals surface area contributed by atoms with Gasteiger partial charge in [-0.2, -0.15) is 4.98 Å². The predicted octanol–water partition coefficient (Wildman–Crippen LogP) is 4.87. The molecule has 2 N–H and O–H groups in total. The van der Waals surface area contributed by atoms with Crippen molar-refractivity contribution < 1.29 is 9.53 Å². The Balaban J connectivity index is 1.29. The highest BCUT2D eigenvalue weighted by Gasteiger charge is 2.28. The van der Waals surface area contributed by atoms with Gasteiger partial charge in [-0.05, 0) is 44.5 Å². The third-order valence-electron chi connectivity index (χ3n) is 7.30. The number of carbonyl (C=O) groups excluding carboxylic acids is 1. The molecule has 0 unspecified atom stereocenters. The van der Waals surface area contributed by atoms with Crippen molar-refractivity contribution in [1.29, 1.82) is 0 Å². The van der Waals surface area contributed by atoms with Crippen molar-refractivity contribution in [2.24, 2.45) is 0 Å². The monoisotopic (exact) mass is 568 g/mol. The number of nitrogens with zero attached hydrogens (tertiary/aromatic N) is 6. The number of pyridine rings is 1. The zero-order valence-corrected chi connectivity index (χ0v) is 23.2. The summed E-state index contributed by atoms with van der Waals surface area (Å²) in [6, 6.07) is 5.54. The largest absolute Gasteiger partial charge is 0.491 e. The molecule has 3 aliphatic heterocycles. The second kappa shape index (κ2) is 11.0. The minimum Gasteiger partial charge on any atom is -0.491 e. The first kappa shape index (κ1) is 25.9. The van der Waals surface area contributed by atoms with Crippen LogP contribution in [0.2, 0.25) is 10.0 Å². The molecular weight excluding hydrogens is 539 g/mol. The normalized spacial score (nSPS) is 17.7. The maximum atomic E-state index is 12.4. The van der Waals surface area contributed by atoms with Crippen LogP contribution in [0.1, 0.15) is 24.8 Å². The number of anilines is 6. The lowest BCUT2D eigenvalue weighted by Gasteiger charge is -2.37. The Morgan fingerprint density at radius 2 is 1.82 bits per heavy atom. The lowest BCUT2D eigenvalue weighted by Crippen LogP contribution is -2.45. The van der Waals surface area contributed by atoms with Crippen molar-refractivity contribution in [2.75, 3.05) is 66.8 Å². The van der Waals surface area contributed by atoms with Gasteiger partial charge < -0.3 is 25.2 Å². The number of rotatable bonds is 6. The molecule has 0 aliphatic carbocycles. The molecular formula is C27H30Cl2N8O2. The SMILES string of the molecule is CN1CCN(c2c(Cl)cc(Nc3ncc(Cl)c(Nc4cccnc4N4CCCC4=O)n3)c3c2CCCO3)CC1. The fraction of sp³-hybridized carbons (Fsp3) is 0.407. The van der Waals surface area contributed by atoms with Gasteiger partial charge in [0.25, 0.3) is 0 Å². The van der Waals surface area contributed by atoms with Crippen LogP contribution in [0.5, 0.6) is 5.75 Å². The van der Waals surface area contributed by atoms with E-state index in [0.717, 1.165) is 62.4 Å². The average molecular weight is 569 g/mol. The van der Waals surface area contributed by atoms with Crippen molar-refractivity contribution in [3.05, 3.63) is 46.2 Å². The number of aromatic nitrogens is 3. The van der Waals surface area contributed by atoms with Gasteiger partial charge in [-0.1, -0.05) is 23.2 Å². The summed E-state index contributed by atoms with van der Waals surface area (Å²) in [6.07, 6.45) is 6.34. The topological polar surface area (TPSA) is 98.8 Å². The number of nitrogens with one attached hydrogen (secondary N) is 2. The van der Waals surface area contributed by atoms with Crippen LogP contribution in [0.3, 0.4) is 0 Å². The number of benzene rings is 1. The molecule has 1 amide bonds. The Hall–Kier alpha value is -3.34. The number of piperazine rings is 1. The first-order valence-electron chi connectivity index (χ1n) is 13.2. The molecule has 6 rings (SSSR count). The van der Waals surface area contributed by atoms with Gasteiger partial charge >= 0.3 is 0 Å². The van der Waals surface area contributed by atoms with E-state index in [1.54, 1.807) is 17.2 Å². The molecule has 0 saturated carbocycles. The number of fused-ring (bicyclic) bond motifs is 1. The zero-order valence-electron chi connectivity index (χ0n) is 21.7. The van der Waals surface area contributed by atoms with Gasteiger partial charge in [-0.3, -0.25) is 9.69 Å². The Bertz CT molecular complexity index is 1400. The maximum Gasteiger partial charge on any atom is 0.229 e. The van der Waals surface area contributed by atoms with E-state index < -0.39 is 0 Å². The Morgan fingerprint density at radius 3 is 2.62 bits per heavy atom. The summed E-state index contributed by atoms with van der Waals surface area (Å²) < 4.78 is 6.17. The van der Waals surface area contributed by atoms with Gasteiger partial charge in [0.05, 0.1) is 34.9 Å². The first-order valence-corrected chi connectivity index (χ1v) is 14.0. The molecule has 0 radical (unpaired) electrons. The van der Waals surface area contributed by atoms with Crippen LogP contribution >= 0.6 is 23.2 Å². The number of carbonyl (C=O) groups is 1. The van der Waals surface area contributed by atoms with Gasteiger partial charge in [0.1, 0.15) is 10.8 Å². The summed E-state index contributed by atoms with van der Waals surface area (Å²) in [4.78, 5) is 32.2. The minimum atomic E-state index is 0.0505. The van der Waals surface area contributed by atoms with E-state index in [1.807, 2.05) is 12.1 Å². The average Bonchev–Trinajstić information content (AvgIpc) is 3.37. The Kier molecular flexibility index (Phi) is 7.33. The van der Waals surface area contributed by atoms with Gasteiger partial charge in [0, 0.05) is 50.9 Å². The molecule has 0 spiro atoms. The summed E-state index contributed by atoms with van der Waals surface area (Å²) in [5.74, 6) is 2.12. The third kappa shape index (κ3) is 5.28. The van der Waals surface area contributed by atoms with Crippen molar-refractivity contribution in [2.45, 2.75) is 25.7 Å². The molecule has 204 valence electrons. The van der Waals surface area contributed by atoms with Crippen LogP contribution in [0.15, 0.2) is 30.6 Å². The van der Waals surface area contributed by atoms with E-state index in [1.165, 1.54) is 6.20 Å². The van der Waals surface area contributed by atoms with Crippen LogP contribution in [0.4, 0.5) is 34.6 Å². The van der Waals surface area contributed by atoms with Gasteiger partial charge in [-0.15, -0.1) is 0 Å². The molecule has 39 heavy (non-hydrogen) atoms. The number of likely N-dealkylation sites (N-methyl/N-ethyl adjacent to an activating group) is 1. The molecule has 2 aromatic heterocycles. The molecule has 0 atom stereocenters. The summed E-state index contributed by atoms with van der Waals surface area (Å²) >= 11 is 13.4. The van der Waals surface area contributed by atoms with Crippen LogP contribution in [0, 0.1) is 0 Å². The van der Waals surface area contributed by atoms with Gasteiger partial charge in [-0.25, -0.2) is 9.97 Å². The fourth-order valence-electron chi connectivity index (χ4n) is 5.30. The second-order valence-electron chi connectivity index (χ2n) is 9.97. The van der Waals surface area contributed by atoms with Crippen LogP contribution < -0.4 is 25.2 Å². The lowest BCUT2D eigenvalue weighted by atomic mass is 10.0. The highest BCUT2D eigenvalue weighted by atomic mass is 35.5. The summed E-state index contributed by atoms with van der Waals surface area (Å²) in [5, 5.41) is 7.56. The van der Waals surface area contributed by atoms with Crippen molar-refractivity contribution in [1.82, 2.24) is 19.9 Å². The standard InChI is InChI=1S/C27H30Cl2N8O2/c1-35-10-12-36(13-11-35)23-17-5-4-14-39-24(17)21(15-18(23)28)33-27-31-16-19(29)25(34-27)32-20-6-2-8-30-26(20)37-9-3-7-22(37)38/h2,6,8,15-16H,3-5,7,9-14H2,1H3,(H2,31,32,33,34). The molecule has 3 aliphatic rings. The first-order chi connectivity index (χ1) is 19.0. The zero-order chi connectivity index (χ0) is 26.9. The quantitative estimate of drug-likeness (QED) is 0.431. The molecule has 1 aromatic carbocycles. The van der Waals surface area contributed by atoms with E-state index in [2.05, 4.69) is 42.4 Å². The number of amides is 1. The maximum absolute atomic E-state index is 12.4. The molecule has 10 nitrogen and oxygen atoms in total. The fourth-order valence-corrected chi connectivity index (χ4v) is 5.79. The van der Waals surface area contributed by atoms with Crippen molar-refractivity contribution in [3.63, 3.8) is 0 Å². The highest BCUT2D eigenvalue weighted by Crippen LogP contribution is 2.45. The molecule has 5 heterocycles. The molecule has 3 aromatic rings. The molecule has 0 bridgehead atoms. The highest BCUT2D eigenvalue weighted by molar-refractivity contribution is 6.34. The number of hydrogen-bond donors (Lipinski definition) is 2. The Labute approximate surface area is 237 Å². The predicted molar refractivity (Wildman–Crippen MR) is 154 cm³/mol. The third-order valence-corrected chi connectivity index (χ3v) is 7.86. The van der Waals surface area contributed by atoms with Gasteiger partial charge in [0.2, 0.25) is 11.9 Å². The number of hydrogen-bond acceptors (Lipinski definition) is 9.